The number of amides is 1. The second-order valence-corrected chi connectivity index (χ2v) is 8.76. The summed E-state index contributed by atoms with van der Waals surface area (Å²) in [6, 6.07) is 4.90. The van der Waals surface area contributed by atoms with Crippen molar-refractivity contribution in [3.63, 3.8) is 0 Å². The van der Waals surface area contributed by atoms with Gasteiger partial charge in [-0.15, -0.1) is 0 Å². The lowest BCUT2D eigenvalue weighted by Crippen LogP contribution is -2.62. The second kappa shape index (κ2) is 9.18. The summed E-state index contributed by atoms with van der Waals surface area (Å²) in [5.74, 6) is -0.201. The standard InChI is InChI=1S/C23H27F3N4O3/c1-15(12-28-20(31)16-3-2-4-17(11-16)23(24,25)26)29-18-13-30(14-18)19-5-7-22(32,8-6-19)21-27-9-10-33-21/h2-4,9-11,18-19,29,32H,1,5-8,12-14H2,(H,28,31)/t19-,22-. The van der Waals surface area contributed by atoms with Crippen molar-refractivity contribution >= 4 is 5.91 Å². The fraction of sp³-hybridized carbons (Fsp3) is 0.478. The lowest BCUT2D eigenvalue weighted by molar-refractivity contribution is -0.137. The third-order valence-corrected chi connectivity index (χ3v) is 6.36. The normalized spacial score (nSPS) is 24.2. The predicted octanol–water partition coefficient (Wildman–Crippen LogP) is 3.04. The molecule has 33 heavy (non-hydrogen) atoms. The average molecular weight is 464 g/mol. The molecule has 7 nitrogen and oxygen atoms in total. The summed E-state index contributed by atoms with van der Waals surface area (Å²) in [4.78, 5) is 18.6. The number of carbonyl (C=O) groups is 1. The van der Waals surface area contributed by atoms with Crippen LogP contribution in [0.3, 0.4) is 0 Å². The van der Waals surface area contributed by atoms with E-state index in [1.165, 1.54) is 18.4 Å². The fourth-order valence-electron chi connectivity index (χ4n) is 4.48. The molecule has 3 N–H and O–H groups in total. The van der Waals surface area contributed by atoms with E-state index in [4.69, 9.17) is 4.42 Å². The summed E-state index contributed by atoms with van der Waals surface area (Å²) in [5.41, 5.74) is -1.30. The zero-order valence-electron chi connectivity index (χ0n) is 18.1. The molecule has 2 aromatic rings. The molecule has 0 unspecified atom stereocenters. The molecule has 0 radical (unpaired) electrons. The Morgan fingerprint density at radius 1 is 1.30 bits per heavy atom. The van der Waals surface area contributed by atoms with E-state index in [1.807, 2.05) is 0 Å². The van der Waals surface area contributed by atoms with E-state index in [0.717, 1.165) is 38.1 Å². The van der Waals surface area contributed by atoms with Gasteiger partial charge in [0.1, 0.15) is 11.9 Å². The van der Waals surface area contributed by atoms with Crippen LogP contribution in [-0.2, 0) is 11.8 Å². The zero-order valence-corrected chi connectivity index (χ0v) is 18.1. The lowest BCUT2D eigenvalue weighted by atomic mass is 9.80. The number of rotatable bonds is 7. The maximum atomic E-state index is 12.8. The van der Waals surface area contributed by atoms with Crippen molar-refractivity contribution in [2.75, 3.05) is 19.6 Å². The molecule has 2 fully saturated rings. The number of benzene rings is 1. The lowest BCUT2D eigenvalue weighted by Gasteiger charge is -2.48. The Hall–Kier alpha value is -2.85. The van der Waals surface area contributed by atoms with Crippen molar-refractivity contribution in [2.24, 2.45) is 0 Å². The molecule has 1 aromatic carbocycles. The first-order valence-corrected chi connectivity index (χ1v) is 10.9. The van der Waals surface area contributed by atoms with Crippen molar-refractivity contribution < 1.29 is 27.5 Å². The van der Waals surface area contributed by atoms with Crippen LogP contribution >= 0.6 is 0 Å². The zero-order chi connectivity index (χ0) is 23.6. The summed E-state index contributed by atoms with van der Waals surface area (Å²) in [7, 11) is 0. The minimum Gasteiger partial charge on any atom is -0.446 e. The topological polar surface area (TPSA) is 90.6 Å². The highest BCUT2D eigenvalue weighted by atomic mass is 19.4. The predicted molar refractivity (Wildman–Crippen MR) is 114 cm³/mol. The quantitative estimate of drug-likeness (QED) is 0.584. The van der Waals surface area contributed by atoms with E-state index in [0.29, 0.717) is 30.5 Å². The van der Waals surface area contributed by atoms with Gasteiger partial charge in [0.15, 0.2) is 0 Å². The number of hydrogen-bond donors (Lipinski definition) is 3. The molecular weight excluding hydrogens is 437 g/mol. The average Bonchev–Trinajstić information content (AvgIpc) is 3.31. The number of nitrogens with zero attached hydrogens (tertiary/aromatic N) is 2. The molecule has 4 rings (SSSR count). The van der Waals surface area contributed by atoms with Gasteiger partial charge in [0.25, 0.3) is 5.91 Å². The molecule has 0 atom stereocenters. The van der Waals surface area contributed by atoms with Gasteiger partial charge in [0.05, 0.1) is 24.3 Å². The van der Waals surface area contributed by atoms with Crippen molar-refractivity contribution in [3.8, 4) is 0 Å². The van der Waals surface area contributed by atoms with E-state index in [-0.39, 0.29) is 18.2 Å². The molecule has 10 heteroatoms. The molecule has 0 spiro atoms. The molecule has 1 aromatic heterocycles. The monoisotopic (exact) mass is 464 g/mol. The van der Waals surface area contributed by atoms with E-state index in [9.17, 15) is 23.1 Å². The van der Waals surface area contributed by atoms with Crippen LogP contribution in [0.25, 0.3) is 0 Å². The van der Waals surface area contributed by atoms with Crippen molar-refractivity contribution in [2.45, 2.75) is 49.5 Å². The molecule has 1 amide bonds. The number of aliphatic hydroxyl groups is 1. The Bertz CT molecular complexity index is 979. The van der Waals surface area contributed by atoms with E-state index in [2.05, 4.69) is 27.1 Å². The van der Waals surface area contributed by atoms with Crippen LogP contribution in [0.4, 0.5) is 13.2 Å². The van der Waals surface area contributed by atoms with E-state index >= 15 is 0 Å². The molecule has 1 saturated heterocycles. The molecule has 1 aliphatic carbocycles. The Kier molecular flexibility index (Phi) is 6.49. The molecule has 2 heterocycles. The van der Waals surface area contributed by atoms with Gasteiger partial charge in [0, 0.05) is 30.4 Å². The van der Waals surface area contributed by atoms with Gasteiger partial charge >= 0.3 is 6.18 Å². The Morgan fingerprint density at radius 2 is 2.03 bits per heavy atom. The highest BCUT2D eigenvalue weighted by Crippen LogP contribution is 2.38. The highest BCUT2D eigenvalue weighted by molar-refractivity contribution is 5.94. The van der Waals surface area contributed by atoms with Gasteiger partial charge in [-0.2, -0.15) is 13.2 Å². The number of halogens is 3. The number of aromatic nitrogens is 1. The van der Waals surface area contributed by atoms with E-state index in [1.54, 1.807) is 6.20 Å². The fourth-order valence-corrected chi connectivity index (χ4v) is 4.48. The van der Waals surface area contributed by atoms with Gasteiger partial charge < -0.3 is 20.2 Å². The minimum absolute atomic E-state index is 0.0468. The van der Waals surface area contributed by atoms with Crippen LogP contribution < -0.4 is 10.6 Å². The molecule has 178 valence electrons. The second-order valence-electron chi connectivity index (χ2n) is 8.76. The number of nitrogens with one attached hydrogen (secondary N) is 2. The third-order valence-electron chi connectivity index (χ3n) is 6.36. The van der Waals surface area contributed by atoms with Crippen molar-refractivity contribution in [3.05, 3.63) is 66.0 Å². The Labute approximate surface area is 189 Å². The van der Waals surface area contributed by atoms with Crippen LogP contribution in [-0.4, -0.2) is 52.6 Å². The summed E-state index contributed by atoms with van der Waals surface area (Å²) in [6.45, 7) is 5.68. The summed E-state index contributed by atoms with van der Waals surface area (Å²) >= 11 is 0. The first kappa shape index (κ1) is 23.3. The molecular formula is C23H27F3N4O3. The molecule has 2 aliphatic rings. The maximum absolute atomic E-state index is 12.8. The highest BCUT2D eigenvalue weighted by Gasteiger charge is 2.42. The van der Waals surface area contributed by atoms with Crippen molar-refractivity contribution in [1.82, 2.24) is 20.5 Å². The van der Waals surface area contributed by atoms with Gasteiger partial charge in [-0.05, 0) is 43.9 Å². The summed E-state index contributed by atoms with van der Waals surface area (Å²) in [5, 5.41) is 16.6. The third kappa shape index (κ3) is 5.39. The van der Waals surface area contributed by atoms with Crippen molar-refractivity contribution in [1.29, 1.82) is 0 Å². The van der Waals surface area contributed by atoms with Crippen LogP contribution in [0.15, 0.2) is 53.4 Å². The van der Waals surface area contributed by atoms with Crippen LogP contribution in [0.1, 0.15) is 47.5 Å². The number of alkyl halides is 3. The first-order chi connectivity index (χ1) is 15.6. The first-order valence-electron chi connectivity index (χ1n) is 10.9. The van der Waals surface area contributed by atoms with Gasteiger partial charge in [-0.3, -0.25) is 9.69 Å². The van der Waals surface area contributed by atoms with Crippen LogP contribution in [0.2, 0.25) is 0 Å². The Balaban J connectivity index is 1.17. The van der Waals surface area contributed by atoms with Gasteiger partial charge in [-0.1, -0.05) is 12.6 Å². The number of likely N-dealkylation sites (tertiary alicyclic amines) is 1. The largest absolute Gasteiger partial charge is 0.446 e. The Morgan fingerprint density at radius 3 is 2.67 bits per heavy atom. The SMILES string of the molecule is C=C(CNC(=O)c1cccc(C(F)(F)F)c1)NC1CN([C@H]2CC[C@@](O)(c3ncco3)CC2)C1. The smallest absolute Gasteiger partial charge is 0.416 e. The maximum Gasteiger partial charge on any atom is 0.416 e. The van der Waals surface area contributed by atoms with Crippen LogP contribution in [0.5, 0.6) is 0 Å². The minimum atomic E-state index is -4.50. The summed E-state index contributed by atoms with van der Waals surface area (Å²) in [6.07, 6.45) is 1.41. The van der Waals surface area contributed by atoms with Crippen LogP contribution in [0, 0.1) is 0 Å². The number of oxazole rings is 1. The molecule has 1 saturated carbocycles. The van der Waals surface area contributed by atoms with Gasteiger partial charge in [0.2, 0.25) is 5.89 Å². The number of hydrogen-bond acceptors (Lipinski definition) is 6. The molecule has 0 bridgehead atoms. The molecule has 1 aliphatic heterocycles. The van der Waals surface area contributed by atoms with E-state index < -0.39 is 23.2 Å². The number of carbonyl (C=O) groups excluding carboxylic acids is 1. The van der Waals surface area contributed by atoms with Gasteiger partial charge in [-0.25, -0.2) is 4.98 Å². The summed E-state index contributed by atoms with van der Waals surface area (Å²) < 4.78 is 43.8.